The molecular weight excluding hydrogens is 204 g/mol. The monoisotopic (exact) mass is 220 g/mol. The van der Waals surface area contributed by atoms with Crippen LogP contribution in [-0.2, 0) is 0 Å². The van der Waals surface area contributed by atoms with E-state index >= 15 is 0 Å². The lowest BCUT2D eigenvalue weighted by Gasteiger charge is -2.28. The average Bonchev–Trinajstić information content (AvgIpc) is 2.44. The van der Waals surface area contributed by atoms with E-state index in [0.717, 1.165) is 30.3 Å². The topological polar surface area (TPSA) is 42.5 Å². The van der Waals surface area contributed by atoms with Crippen molar-refractivity contribution in [2.24, 2.45) is 0 Å². The van der Waals surface area contributed by atoms with Gasteiger partial charge in [0.05, 0.1) is 6.04 Å². The second kappa shape index (κ2) is 3.28. The van der Waals surface area contributed by atoms with E-state index in [0.29, 0.717) is 6.04 Å². The zero-order chi connectivity index (χ0) is 11.2. The quantitative estimate of drug-likeness (QED) is 0.794. The Hall–Kier alpha value is -1.42. The van der Waals surface area contributed by atoms with Crippen molar-refractivity contribution in [3.05, 3.63) is 18.2 Å². The third-order valence-corrected chi connectivity index (χ3v) is 2.81. The maximum atomic E-state index is 5.69. The van der Waals surface area contributed by atoms with Crippen LogP contribution in [0.3, 0.4) is 0 Å². The summed E-state index contributed by atoms with van der Waals surface area (Å²) < 4.78 is 11.3. The highest BCUT2D eigenvalue weighted by Gasteiger charge is 2.31. The maximum absolute atomic E-state index is 5.69. The molecule has 1 saturated heterocycles. The number of hydrogen-bond acceptors (Lipinski definition) is 4. The fourth-order valence-electron chi connectivity index (χ4n) is 1.94. The van der Waals surface area contributed by atoms with Crippen molar-refractivity contribution in [3.8, 4) is 11.5 Å². The van der Waals surface area contributed by atoms with Gasteiger partial charge in [0, 0.05) is 38.7 Å². The molecule has 4 heteroatoms. The Labute approximate surface area is 94.9 Å². The van der Waals surface area contributed by atoms with Gasteiger partial charge in [-0.05, 0) is 12.1 Å². The largest absolute Gasteiger partial charge is 0.449 e. The van der Waals surface area contributed by atoms with E-state index in [2.05, 4.69) is 10.6 Å². The first-order valence-corrected chi connectivity index (χ1v) is 5.62. The van der Waals surface area contributed by atoms with Crippen LogP contribution < -0.4 is 20.1 Å². The Balaban J connectivity index is 1.78. The van der Waals surface area contributed by atoms with Gasteiger partial charge in [0.25, 0.3) is 0 Å². The second-order valence-electron chi connectivity index (χ2n) is 4.76. The smallest absolute Gasteiger partial charge is 0.246 e. The summed E-state index contributed by atoms with van der Waals surface area (Å²) in [6, 6.07) is 6.52. The molecular formula is C12H16N2O2. The molecule has 1 aromatic rings. The van der Waals surface area contributed by atoms with Gasteiger partial charge in [0.2, 0.25) is 5.79 Å². The normalized spacial score (nSPS) is 21.6. The number of hydrogen-bond donors (Lipinski definition) is 2. The van der Waals surface area contributed by atoms with Gasteiger partial charge in [-0.1, -0.05) is 0 Å². The Bertz CT molecular complexity index is 413. The van der Waals surface area contributed by atoms with Gasteiger partial charge < -0.3 is 20.1 Å². The molecule has 2 heterocycles. The molecule has 1 fully saturated rings. The molecule has 0 bridgehead atoms. The predicted molar refractivity (Wildman–Crippen MR) is 62.1 cm³/mol. The lowest BCUT2D eigenvalue weighted by atomic mass is 10.1. The number of rotatable bonds is 2. The van der Waals surface area contributed by atoms with Crippen molar-refractivity contribution in [1.29, 1.82) is 0 Å². The summed E-state index contributed by atoms with van der Waals surface area (Å²) in [7, 11) is 0. The minimum absolute atomic E-state index is 0.536. The number of ether oxygens (including phenoxy) is 2. The number of anilines is 1. The summed E-state index contributed by atoms with van der Waals surface area (Å²) in [4.78, 5) is 0. The molecule has 16 heavy (non-hydrogen) atoms. The highest BCUT2D eigenvalue weighted by atomic mass is 16.7. The van der Waals surface area contributed by atoms with E-state index in [1.165, 1.54) is 0 Å². The second-order valence-corrected chi connectivity index (χ2v) is 4.76. The molecule has 0 atom stereocenters. The third-order valence-electron chi connectivity index (χ3n) is 2.81. The highest BCUT2D eigenvalue weighted by molar-refractivity contribution is 5.56. The summed E-state index contributed by atoms with van der Waals surface area (Å²) in [6.07, 6.45) is 0. The maximum Gasteiger partial charge on any atom is 0.246 e. The van der Waals surface area contributed by atoms with Crippen LogP contribution in [0.4, 0.5) is 5.69 Å². The van der Waals surface area contributed by atoms with Crippen LogP contribution in [0.2, 0.25) is 0 Å². The molecule has 1 aromatic carbocycles. The minimum Gasteiger partial charge on any atom is -0.449 e. The van der Waals surface area contributed by atoms with Gasteiger partial charge >= 0.3 is 0 Å². The molecule has 0 aliphatic carbocycles. The first kappa shape index (κ1) is 9.78. The summed E-state index contributed by atoms with van der Waals surface area (Å²) in [5.74, 6) is 1.10. The lowest BCUT2D eigenvalue weighted by molar-refractivity contribution is -0.0431. The molecule has 2 aliphatic heterocycles. The van der Waals surface area contributed by atoms with Crippen molar-refractivity contribution < 1.29 is 9.47 Å². The van der Waals surface area contributed by atoms with Gasteiger partial charge in [-0.2, -0.15) is 0 Å². The minimum atomic E-state index is -0.543. The van der Waals surface area contributed by atoms with Crippen molar-refractivity contribution in [2.75, 3.05) is 18.4 Å². The van der Waals surface area contributed by atoms with Crippen molar-refractivity contribution >= 4 is 5.69 Å². The Morgan fingerprint density at radius 2 is 2.00 bits per heavy atom. The number of benzene rings is 1. The molecule has 2 aliphatic rings. The zero-order valence-corrected chi connectivity index (χ0v) is 9.54. The Morgan fingerprint density at radius 3 is 2.69 bits per heavy atom. The molecule has 4 nitrogen and oxygen atoms in total. The molecule has 0 unspecified atom stereocenters. The first-order chi connectivity index (χ1) is 7.62. The molecule has 0 spiro atoms. The zero-order valence-electron chi connectivity index (χ0n) is 9.54. The summed E-state index contributed by atoms with van der Waals surface area (Å²) in [6.45, 7) is 5.88. The standard InChI is InChI=1S/C12H16N2O2/c1-12(2)15-10-4-3-8(5-11(10)16-12)14-9-6-13-7-9/h3-5,9,13-14H,6-7H2,1-2H3. The highest BCUT2D eigenvalue weighted by Crippen LogP contribution is 2.40. The molecule has 0 radical (unpaired) electrons. The van der Waals surface area contributed by atoms with Crippen molar-refractivity contribution in [2.45, 2.75) is 25.7 Å². The van der Waals surface area contributed by atoms with Crippen LogP contribution in [0.15, 0.2) is 18.2 Å². The van der Waals surface area contributed by atoms with Crippen LogP contribution >= 0.6 is 0 Å². The van der Waals surface area contributed by atoms with E-state index in [1.807, 2.05) is 32.0 Å². The average molecular weight is 220 g/mol. The predicted octanol–water partition coefficient (Wildman–Crippen LogP) is 1.58. The van der Waals surface area contributed by atoms with E-state index < -0.39 is 5.79 Å². The van der Waals surface area contributed by atoms with Gasteiger partial charge in [-0.25, -0.2) is 0 Å². The van der Waals surface area contributed by atoms with Crippen molar-refractivity contribution in [1.82, 2.24) is 5.32 Å². The van der Waals surface area contributed by atoms with Crippen LogP contribution in [0, 0.1) is 0 Å². The third kappa shape index (κ3) is 1.69. The van der Waals surface area contributed by atoms with E-state index in [1.54, 1.807) is 0 Å². The van der Waals surface area contributed by atoms with Crippen LogP contribution in [0.5, 0.6) is 11.5 Å². The van der Waals surface area contributed by atoms with Gasteiger partial charge in [0.15, 0.2) is 11.5 Å². The van der Waals surface area contributed by atoms with E-state index in [-0.39, 0.29) is 0 Å². The molecule has 0 aromatic heterocycles. The van der Waals surface area contributed by atoms with Crippen LogP contribution in [0.1, 0.15) is 13.8 Å². The van der Waals surface area contributed by atoms with Gasteiger partial charge in [0.1, 0.15) is 0 Å². The summed E-state index contributed by atoms with van der Waals surface area (Å²) in [5.41, 5.74) is 1.09. The van der Waals surface area contributed by atoms with E-state index in [4.69, 9.17) is 9.47 Å². The molecule has 2 N–H and O–H groups in total. The summed E-state index contributed by atoms with van der Waals surface area (Å²) in [5, 5.41) is 6.67. The molecule has 0 amide bonds. The van der Waals surface area contributed by atoms with Crippen LogP contribution in [0.25, 0.3) is 0 Å². The van der Waals surface area contributed by atoms with E-state index in [9.17, 15) is 0 Å². The first-order valence-electron chi connectivity index (χ1n) is 5.62. The number of nitrogens with one attached hydrogen (secondary N) is 2. The Kier molecular flexibility index (Phi) is 2.01. The fourth-order valence-corrected chi connectivity index (χ4v) is 1.94. The molecule has 3 rings (SSSR count). The van der Waals surface area contributed by atoms with Crippen molar-refractivity contribution in [3.63, 3.8) is 0 Å². The Morgan fingerprint density at radius 1 is 1.25 bits per heavy atom. The fraction of sp³-hybridized carbons (Fsp3) is 0.500. The summed E-state index contributed by atoms with van der Waals surface area (Å²) >= 11 is 0. The molecule has 86 valence electrons. The number of fused-ring (bicyclic) bond motifs is 1. The van der Waals surface area contributed by atoms with Gasteiger partial charge in [-0.15, -0.1) is 0 Å². The molecule has 0 saturated carbocycles. The van der Waals surface area contributed by atoms with Gasteiger partial charge in [-0.3, -0.25) is 0 Å². The SMILES string of the molecule is CC1(C)Oc2ccc(NC3CNC3)cc2O1. The van der Waals surface area contributed by atoms with Crippen LogP contribution in [-0.4, -0.2) is 24.9 Å². The lowest BCUT2D eigenvalue weighted by Crippen LogP contribution is -2.51.